The topological polar surface area (TPSA) is 47.3 Å². The molecule has 6 heteroatoms. The maximum atomic E-state index is 11.7. The summed E-state index contributed by atoms with van der Waals surface area (Å²) in [5.41, 5.74) is 0.662. The van der Waals surface area contributed by atoms with Crippen molar-refractivity contribution in [3.05, 3.63) is 22.1 Å². The van der Waals surface area contributed by atoms with Crippen LogP contribution in [-0.4, -0.2) is 20.4 Å². The highest BCUT2D eigenvalue weighted by Gasteiger charge is 2.07. The number of hydrogen-bond donors (Lipinski definition) is 0. The van der Waals surface area contributed by atoms with Crippen LogP contribution in [-0.2, 0) is 0 Å². The van der Waals surface area contributed by atoms with Crippen LogP contribution in [0, 0.1) is 6.92 Å². The SMILES string of the molecule is CCCCCCSc1nn2c(=O)cc(C)nc2s1. The van der Waals surface area contributed by atoms with Crippen molar-refractivity contribution in [3.8, 4) is 0 Å². The lowest BCUT2D eigenvalue weighted by Crippen LogP contribution is -2.14. The van der Waals surface area contributed by atoms with Crippen molar-refractivity contribution < 1.29 is 0 Å². The molecule has 0 aliphatic rings. The Morgan fingerprint density at radius 2 is 2.22 bits per heavy atom. The van der Waals surface area contributed by atoms with E-state index in [9.17, 15) is 4.79 Å². The predicted molar refractivity (Wildman–Crippen MR) is 76.7 cm³/mol. The van der Waals surface area contributed by atoms with Crippen LogP contribution in [0.4, 0.5) is 0 Å². The molecule has 2 heterocycles. The molecule has 0 radical (unpaired) electrons. The Bertz CT molecular complexity index is 576. The molecule has 0 saturated carbocycles. The van der Waals surface area contributed by atoms with Gasteiger partial charge in [-0.25, -0.2) is 4.98 Å². The third-order valence-electron chi connectivity index (χ3n) is 2.58. The Kier molecular flexibility index (Phi) is 4.77. The van der Waals surface area contributed by atoms with Crippen LogP contribution in [0.15, 0.2) is 15.2 Å². The fourth-order valence-corrected chi connectivity index (χ4v) is 3.71. The fraction of sp³-hybridized carbons (Fsp3) is 0.583. The first-order chi connectivity index (χ1) is 8.70. The van der Waals surface area contributed by atoms with Gasteiger partial charge >= 0.3 is 0 Å². The maximum absolute atomic E-state index is 11.7. The first kappa shape index (κ1) is 13.5. The molecular weight excluding hydrogens is 266 g/mol. The van der Waals surface area contributed by atoms with E-state index in [2.05, 4.69) is 17.0 Å². The Labute approximate surface area is 114 Å². The Morgan fingerprint density at radius 3 is 3.00 bits per heavy atom. The van der Waals surface area contributed by atoms with Crippen molar-refractivity contribution in [2.45, 2.75) is 43.9 Å². The second-order valence-corrected chi connectivity index (χ2v) is 6.51. The minimum absolute atomic E-state index is 0.0911. The van der Waals surface area contributed by atoms with Crippen molar-refractivity contribution in [1.82, 2.24) is 14.6 Å². The number of thioether (sulfide) groups is 1. The molecule has 0 atom stereocenters. The van der Waals surface area contributed by atoms with Gasteiger partial charge in [0.15, 0.2) is 4.34 Å². The molecule has 0 unspecified atom stereocenters. The molecule has 2 aromatic heterocycles. The van der Waals surface area contributed by atoms with E-state index in [-0.39, 0.29) is 5.56 Å². The zero-order chi connectivity index (χ0) is 13.0. The van der Waals surface area contributed by atoms with Crippen LogP contribution in [0.3, 0.4) is 0 Å². The molecule has 0 aliphatic heterocycles. The van der Waals surface area contributed by atoms with E-state index in [1.54, 1.807) is 11.8 Å². The summed E-state index contributed by atoms with van der Waals surface area (Å²) in [6.07, 6.45) is 5.02. The summed E-state index contributed by atoms with van der Waals surface area (Å²) in [5, 5.41) is 4.29. The first-order valence-corrected chi connectivity index (χ1v) is 8.01. The summed E-state index contributed by atoms with van der Waals surface area (Å²) in [6.45, 7) is 4.04. The molecule has 2 aromatic rings. The summed E-state index contributed by atoms with van der Waals surface area (Å²) in [6, 6.07) is 1.52. The van der Waals surface area contributed by atoms with E-state index in [0.717, 1.165) is 15.8 Å². The van der Waals surface area contributed by atoms with E-state index in [1.165, 1.54) is 47.6 Å². The van der Waals surface area contributed by atoms with Crippen molar-refractivity contribution >= 4 is 28.1 Å². The van der Waals surface area contributed by atoms with E-state index in [0.29, 0.717) is 4.96 Å². The third-order valence-corrected chi connectivity index (χ3v) is 4.71. The van der Waals surface area contributed by atoms with Gasteiger partial charge in [0, 0.05) is 17.5 Å². The zero-order valence-corrected chi connectivity index (χ0v) is 12.3. The smallest absolute Gasteiger partial charge is 0.267 e. The van der Waals surface area contributed by atoms with E-state index in [1.807, 2.05) is 6.92 Å². The average molecular weight is 283 g/mol. The molecule has 0 amide bonds. The summed E-state index contributed by atoms with van der Waals surface area (Å²) in [7, 11) is 0. The fourth-order valence-electron chi connectivity index (χ4n) is 1.65. The number of rotatable bonds is 6. The van der Waals surface area contributed by atoms with Crippen LogP contribution in [0.1, 0.15) is 38.3 Å². The van der Waals surface area contributed by atoms with E-state index in [4.69, 9.17) is 0 Å². The Hall–Kier alpha value is -0.880. The average Bonchev–Trinajstić information content (AvgIpc) is 2.72. The number of nitrogens with zero attached hydrogens (tertiary/aromatic N) is 3. The molecular formula is C12H17N3OS2. The highest BCUT2D eigenvalue weighted by Crippen LogP contribution is 2.24. The molecule has 98 valence electrons. The molecule has 0 aliphatic carbocycles. The van der Waals surface area contributed by atoms with Gasteiger partial charge in [-0.1, -0.05) is 49.3 Å². The normalized spacial score (nSPS) is 11.2. The minimum Gasteiger partial charge on any atom is -0.267 e. The summed E-state index contributed by atoms with van der Waals surface area (Å²) < 4.78 is 2.33. The van der Waals surface area contributed by atoms with Crippen LogP contribution >= 0.6 is 23.1 Å². The summed E-state index contributed by atoms with van der Waals surface area (Å²) in [5.74, 6) is 1.06. The Morgan fingerprint density at radius 1 is 1.39 bits per heavy atom. The molecule has 2 rings (SSSR count). The van der Waals surface area contributed by atoms with Crippen molar-refractivity contribution in [3.63, 3.8) is 0 Å². The van der Waals surface area contributed by atoms with Crippen LogP contribution in [0.5, 0.6) is 0 Å². The van der Waals surface area contributed by atoms with Gasteiger partial charge in [-0.3, -0.25) is 4.79 Å². The van der Waals surface area contributed by atoms with Crippen molar-refractivity contribution in [1.29, 1.82) is 0 Å². The van der Waals surface area contributed by atoms with Crippen LogP contribution in [0.25, 0.3) is 4.96 Å². The molecule has 0 N–H and O–H groups in total. The van der Waals surface area contributed by atoms with Gasteiger partial charge in [-0.2, -0.15) is 4.52 Å². The second-order valence-electron chi connectivity index (χ2n) is 4.21. The number of hydrogen-bond acceptors (Lipinski definition) is 5. The number of aryl methyl sites for hydroxylation is 1. The van der Waals surface area contributed by atoms with Crippen LogP contribution < -0.4 is 5.56 Å². The maximum Gasteiger partial charge on any atom is 0.275 e. The number of unbranched alkanes of at least 4 members (excludes halogenated alkanes) is 3. The monoisotopic (exact) mass is 283 g/mol. The van der Waals surface area contributed by atoms with E-state index >= 15 is 0 Å². The zero-order valence-electron chi connectivity index (χ0n) is 10.7. The van der Waals surface area contributed by atoms with Gasteiger partial charge in [0.05, 0.1) is 0 Å². The summed E-state index contributed by atoms with van der Waals surface area (Å²) in [4.78, 5) is 16.7. The molecule has 0 saturated heterocycles. The van der Waals surface area contributed by atoms with Gasteiger partial charge in [0.2, 0.25) is 4.96 Å². The van der Waals surface area contributed by atoms with Crippen LogP contribution in [0.2, 0.25) is 0 Å². The van der Waals surface area contributed by atoms with Gasteiger partial charge in [-0.15, -0.1) is 5.10 Å². The lowest BCUT2D eigenvalue weighted by Gasteiger charge is -1.96. The van der Waals surface area contributed by atoms with Gasteiger partial charge in [-0.05, 0) is 13.3 Å². The third kappa shape index (κ3) is 3.32. The Balaban J connectivity index is 2.02. The van der Waals surface area contributed by atoms with Crippen molar-refractivity contribution in [2.24, 2.45) is 0 Å². The lowest BCUT2D eigenvalue weighted by molar-refractivity contribution is 0.706. The van der Waals surface area contributed by atoms with Crippen molar-refractivity contribution in [2.75, 3.05) is 5.75 Å². The molecule has 0 spiro atoms. The lowest BCUT2D eigenvalue weighted by atomic mass is 10.2. The van der Waals surface area contributed by atoms with E-state index < -0.39 is 0 Å². The predicted octanol–water partition coefficient (Wildman–Crippen LogP) is 3.13. The standard InChI is InChI=1S/C12H17N3OS2/c1-3-4-5-6-7-17-12-14-15-10(16)8-9(2)13-11(15)18-12/h8H,3-7H2,1-2H3. The molecule has 0 aromatic carbocycles. The summed E-state index contributed by atoms with van der Waals surface area (Å²) >= 11 is 3.21. The first-order valence-electron chi connectivity index (χ1n) is 6.21. The number of fused-ring (bicyclic) bond motifs is 1. The number of aromatic nitrogens is 3. The molecule has 0 bridgehead atoms. The molecule has 4 nitrogen and oxygen atoms in total. The van der Waals surface area contributed by atoms with Gasteiger partial charge < -0.3 is 0 Å². The minimum atomic E-state index is -0.0911. The molecule has 0 fully saturated rings. The highest BCUT2D eigenvalue weighted by molar-refractivity contribution is 8.01. The van der Waals surface area contributed by atoms with Gasteiger partial charge in [0.1, 0.15) is 0 Å². The largest absolute Gasteiger partial charge is 0.275 e. The quantitative estimate of drug-likeness (QED) is 0.603. The highest BCUT2D eigenvalue weighted by atomic mass is 32.2. The van der Waals surface area contributed by atoms with Gasteiger partial charge in [0.25, 0.3) is 5.56 Å². The molecule has 18 heavy (non-hydrogen) atoms. The second kappa shape index (κ2) is 6.33.